The molecule has 0 aliphatic carbocycles. The molecule has 0 bridgehead atoms. The smallest absolute Gasteiger partial charge is 0.335 e. The zero-order chi connectivity index (χ0) is 11.7. The summed E-state index contributed by atoms with van der Waals surface area (Å²) in [6.07, 6.45) is 0. The van der Waals surface area contributed by atoms with Crippen LogP contribution >= 0.6 is 11.6 Å². The molecular weight excluding hydrogens is 232 g/mol. The van der Waals surface area contributed by atoms with Crippen LogP contribution < -0.4 is 10.2 Å². The number of urea groups is 1. The number of anilines is 1. The summed E-state index contributed by atoms with van der Waals surface area (Å²) in [5, 5.41) is 11.7. The highest BCUT2D eigenvalue weighted by Crippen LogP contribution is 2.27. The molecule has 1 aromatic rings. The fourth-order valence-corrected chi connectivity index (χ4v) is 1.84. The van der Waals surface area contributed by atoms with E-state index in [9.17, 15) is 9.59 Å². The summed E-state index contributed by atoms with van der Waals surface area (Å²) in [5.74, 6) is -1.04. The zero-order valence-corrected chi connectivity index (χ0v) is 8.99. The van der Waals surface area contributed by atoms with Gasteiger partial charge in [0.05, 0.1) is 16.3 Å². The van der Waals surface area contributed by atoms with Gasteiger partial charge in [0.25, 0.3) is 0 Å². The molecule has 5 nitrogen and oxygen atoms in total. The Morgan fingerprint density at radius 1 is 1.50 bits per heavy atom. The fraction of sp³-hybridized carbons (Fsp3) is 0.200. The van der Waals surface area contributed by atoms with Gasteiger partial charge in [-0.1, -0.05) is 11.6 Å². The molecule has 0 atom stereocenters. The maximum absolute atomic E-state index is 11.4. The van der Waals surface area contributed by atoms with Crippen molar-refractivity contribution in [3.05, 3.63) is 28.8 Å². The van der Waals surface area contributed by atoms with E-state index in [0.29, 0.717) is 18.8 Å². The van der Waals surface area contributed by atoms with Crippen LogP contribution in [0.2, 0.25) is 5.02 Å². The molecule has 1 aliphatic heterocycles. The third-order valence-corrected chi connectivity index (χ3v) is 2.64. The van der Waals surface area contributed by atoms with Gasteiger partial charge < -0.3 is 10.4 Å². The Balaban J connectivity index is 2.36. The van der Waals surface area contributed by atoms with Crippen molar-refractivity contribution in [3.63, 3.8) is 0 Å². The summed E-state index contributed by atoms with van der Waals surface area (Å²) in [4.78, 5) is 23.6. The molecule has 0 spiro atoms. The van der Waals surface area contributed by atoms with E-state index in [1.54, 1.807) is 0 Å². The van der Waals surface area contributed by atoms with Crippen LogP contribution in [-0.4, -0.2) is 30.2 Å². The molecule has 84 valence electrons. The number of nitrogens with zero attached hydrogens (tertiary/aromatic N) is 1. The lowest BCUT2D eigenvalue weighted by atomic mass is 10.2. The van der Waals surface area contributed by atoms with E-state index in [4.69, 9.17) is 16.7 Å². The van der Waals surface area contributed by atoms with Gasteiger partial charge in [0, 0.05) is 13.1 Å². The Kier molecular flexibility index (Phi) is 2.70. The average Bonchev–Trinajstić information content (AvgIpc) is 2.64. The van der Waals surface area contributed by atoms with Gasteiger partial charge in [-0.25, -0.2) is 9.59 Å². The second-order valence-electron chi connectivity index (χ2n) is 3.35. The molecule has 0 unspecified atom stereocenters. The Labute approximate surface area is 96.6 Å². The van der Waals surface area contributed by atoms with Gasteiger partial charge in [-0.2, -0.15) is 0 Å². The van der Waals surface area contributed by atoms with Crippen molar-refractivity contribution in [2.24, 2.45) is 0 Å². The number of aromatic carboxylic acids is 1. The Morgan fingerprint density at radius 3 is 2.75 bits per heavy atom. The van der Waals surface area contributed by atoms with Crippen LogP contribution in [-0.2, 0) is 0 Å². The van der Waals surface area contributed by atoms with Crippen molar-refractivity contribution >= 4 is 29.3 Å². The van der Waals surface area contributed by atoms with Gasteiger partial charge in [-0.15, -0.1) is 0 Å². The van der Waals surface area contributed by atoms with Gasteiger partial charge >= 0.3 is 12.0 Å². The number of rotatable bonds is 2. The number of amides is 2. The predicted molar refractivity (Wildman–Crippen MR) is 59.2 cm³/mol. The molecule has 2 N–H and O–H groups in total. The quantitative estimate of drug-likeness (QED) is 0.824. The highest BCUT2D eigenvalue weighted by Gasteiger charge is 2.23. The van der Waals surface area contributed by atoms with Gasteiger partial charge in [-0.3, -0.25) is 4.90 Å². The zero-order valence-electron chi connectivity index (χ0n) is 8.24. The number of hydrogen-bond acceptors (Lipinski definition) is 2. The van der Waals surface area contributed by atoms with E-state index in [1.165, 1.54) is 23.1 Å². The van der Waals surface area contributed by atoms with E-state index in [1.807, 2.05) is 0 Å². The van der Waals surface area contributed by atoms with Crippen LogP contribution in [0.3, 0.4) is 0 Å². The van der Waals surface area contributed by atoms with Gasteiger partial charge in [-0.05, 0) is 18.2 Å². The van der Waals surface area contributed by atoms with Crippen LogP contribution in [0.25, 0.3) is 0 Å². The van der Waals surface area contributed by atoms with Crippen molar-refractivity contribution in [2.75, 3.05) is 18.0 Å². The summed E-state index contributed by atoms with van der Waals surface area (Å²) >= 11 is 5.93. The lowest BCUT2D eigenvalue weighted by molar-refractivity contribution is 0.0697. The summed E-state index contributed by atoms with van der Waals surface area (Å²) in [6, 6.07) is 4.08. The second kappa shape index (κ2) is 4.02. The highest BCUT2D eigenvalue weighted by molar-refractivity contribution is 6.34. The fourth-order valence-electron chi connectivity index (χ4n) is 1.56. The van der Waals surface area contributed by atoms with E-state index in [0.717, 1.165) is 0 Å². The van der Waals surface area contributed by atoms with E-state index >= 15 is 0 Å². The molecule has 0 saturated carbocycles. The maximum Gasteiger partial charge on any atom is 0.335 e. The first kappa shape index (κ1) is 10.8. The number of carboxylic acid groups (broad SMARTS) is 1. The summed E-state index contributed by atoms with van der Waals surface area (Å²) in [5.41, 5.74) is 0.634. The topological polar surface area (TPSA) is 69.6 Å². The molecule has 1 fully saturated rings. The van der Waals surface area contributed by atoms with Crippen molar-refractivity contribution < 1.29 is 14.7 Å². The minimum atomic E-state index is -1.04. The Bertz CT molecular complexity index is 461. The van der Waals surface area contributed by atoms with Crippen LogP contribution in [0.15, 0.2) is 18.2 Å². The first-order valence-electron chi connectivity index (χ1n) is 4.68. The Morgan fingerprint density at radius 2 is 2.25 bits per heavy atom. The van der Waals surface area contributed by atoms with Gasteiger partial charge in [0.1, 0.15) is 0 Å². The third kappa shape index (κ3) is 1.81. The molecule has 0 aromatic heterocycles. The predicted octanol–water partition coefficient (Wildman–Crippen LogP) is 1.57. The van der Waals surface area contributed by atoms with E-state index in [2.05, 4.69) is 5.32 Å². The van der Waals surface area contributed by atoms with E-state index in [-0.39, 0.29) is 16.6 Å². The van der Waals surface area contributed by atoms with Crippen molar-refractivity contribution in [2.45, 2.75) is 0 Å². The van der Waals surface area contributed by atoms with E-state index < -0.39 is 5.97 Å². The monoisotopic (exact) mass is 240 g/mol. The molecule has 0 radical (unpaired) electrons. The maximum atomic E-state index is 11.4. The number of halogens is 1. The first-order chi connectivity index (χ1) is 7.59. The minimum absolute atomic E-state index is 0.105. The summed E-state index contributed by atoms with van der Waals surface area (Å²) in [6.45, 7) is 1.10. The molecule has 2 rings (SSSR count). The van der Waals surface area contributed by atoms with Crippen molar-refractivity contribution in [1.82, 2.24) is 5.32 Å². The first-order valence-corrected chi connectivity index (χ1v) is 5.05. The number of carbonyl (C=O) groups excluding carboxylic acids is 1. The second-order valence-corrected chi connectivity index (χ2v) is 3.76. The molecule has 16 heavy (non-hydrogen) atoms. The molecule has 1 heterocycles. The van der Waals surface area contributed by atoms with Crippen molar-refractivity contribution in [1.29, 1.82) is 0 Å². The standard InChI is InChI=1S/C10H9ClN2O3/c11-7-5-6(9(14)15)1-2-8(7)13-4-3-12-10(13)16/h1-2,5H,3-4H2,(H,12,16)(H,14,15). The number of nitrogens with one attached hydrogen (secondary N) is 1. The average molecular weight is 241 g/mol. The SMILES string of the molecule is O=C(O)c1ccc(N2CCNC2=O)c(Cl)c1. The normalized spacial score (nSPS) is 15.1. The number of benzene rings is 1. The number of carbonyl (C=O) groups is 2. The molecule has 1 aromatic carbocycles. The summed E-state index contributed by atoms with van der Waals surface area (Å²) in [7, 11) is 0. The third-order valence-electron chi connectivity index (χ3n) is 2.34. The largest absolute Gasteiger partial charge is 0.478 e. The lowest BCUT2D eigenvalue weighted by Crippen LogP contribution is -2.27. The van der Waals surface area contributed by atoms with Crippen LogP contribution in [0.4, 0.5) is 10.5 Å². The molecular formula is C10H9ClN2O3. The molecule has 6 heteroatoms. The van der Waals surface area contributed by atoms with Crippen molar-refractivity contribution in [3.8, 4) is 0 Å². The number of hydrogen-bond donors (Lipinski definition) is 2. The molecule has 1 aliphatic rings. The lowest BCUT2D eigenvalue weighted by Gasteiger charge is -2.15. The minimum Gasteiger partial charge on any atom is -0.478 e. The van der Waals surface area contributed by atoms with Gasteiger partial charge in [0.2, 0.25) is 0 Å². The molecule has 2 amide bonds. The Hall–Kier alpha value is -1.75. The van der Waals surface area contributed by atoms with Crippen LogP contribution in [0.1, 0.15) is 10.4 Å². The molecule has 1 saturated heterocycles. The highest BCUT2D eigenvalue weighted by atomic mass is 35.5. The summed E-state index contributed by atoms with van der Waals surface area (Å²) < 4.78 is 0. The van der Waals surface area contributed by atoms with Gasteiger partial charge in [0.15, 0.2) is 0 Å². The van der Waals surface area contributed by atoms with Crippen LogP contribution in [0.5, 0.6) is 0 Å². The van der Waals surface area contributed by atoms with Crippen LogP contribution in [0, 0.1) is 0 Å². The number of carboxylic acids is 1.